The molecule has 1 aromatic carbocycles. The summed E-state index contributed by atoms with van der Waals surface area (Å²) in [4.78, 5) is 13.8. The van der Waals surface area contributed by atoms with Crippen molar-refractivity contribution in [2.24, 2.45) is 5.92 Å². The van der Waals surface area contributed by atoms with E-state index >= 15 is 0 Å². The van der Waals surface area contributed by atoms with E-state index in [9.17, 15) is 4.79 Å². The Balaban J connectivity index is 1.54. The van der Waals surface area contributed by atoms with E-state index in [4.69, 9.17) is 0 Å². The van der Waals surface area contributed by atoms with Gasteiger partial charge < -0.3 is 10.2 Å². The minimum atomic E-state index is 0.307. The zero-order valence-electron chi connectivity index (χ0n) is 13.7. The van der Waals surface area contributed by atoms with Crippen molar-refractivity contribution >= 4 is 5.91 Å². The maximum Gasteiger partial charge on any atom is 0.222 e. The van der Waals surface area contributed by atoms with Gasteiger partial charge in [0.1, 0.15) is 0 Å². The molecule has 1 N–H and O–H groups in total. The lowest BCUT2D eigenvalue weighted by Crippen LogP contribution is -2.30. The summed E-state index contributed by atoms with van der Waals surface area (Å²) >= 11 is 0. The molecule has 1 aliphatic heterocycles. The molecule has 22 heavy (non-hydrogen) atoms. The van der Waals surface area contributed by atoms with E-state index in [-0.39, 0.29) is 0 Å². The lowest BCUT2D eigenvalue weighted by Gasteiger charge is -2.28. The highest BCUT2D eigenvalue weighted by molar-refractivity contribution is 5.78. The second-order valence-electron chi connectivity index (χ2n) is 7.00. The maximum atomic E-state index is 11.8. The molecule has 1 amide bonds. The van der Waals surface area contributed by atoms with Crippen LogP contribution in [0.15, 0.2) is 24.3 Å². The molecule has 0 aromatic heterocycles. The van der Waals surface area contributed by atoms with Gasteiger partial charge in [-0.2, -0.15) is 0 Å². The minimum Gasteiger partial charge on any atom is -0.338 e. The van der Waals surface area contributed by atoms with Gasteiger partial charge in [0.05, 0.1) is 0 Å². The SMILES string of the molecule is C[C@@H](CC1CCC1)NCc1ccccc1CN1CCCC1=O. The Hall–Kier alpha value is -1.35. The zero-order valence-corrected chi connectivity index (χ0v) is 13.7. The van der Waals surface area contributed by atoms with Gasteiger partial charge in [-0.05, 0) is 36.8 Å². The molecule has 3 nitrogen and oxygen atoms in total. The summed E-state index contributed by atoms with van der Waals surface area (Å²) in [6.45, 7) is 4.89. The van der Waals surface area contributed by atoms with E-state index in [2.05, 4.69) is 36.5 Å². The zero-order chi connectivity index (χ0) is 15.4. The molecule has 1 saturated carbocycles. The van der Waals surface area contributed by atoms with Crippen LogP contribution in [0.2, 0.25) is 0 Å². The molecule has 1 saturated heterocycles. The summed E-state index contributed by atoms with van der Waals surface area (Å²) < 4.78 is 0. The first kappa shape index (κ1) is 15.5. The predicted octanol–water partition coefficient (Wildman–Crippen LogP) is 3.48. The van der Waals surface area contributed by atoms with Crippen LogP contribution < -0.4 is 5.32 Å². The smallest absolute Gasteiger partial charge is 0.222 e. The van der Waals surface area contributed by atoms with Gasteiger partial charge in [0.15, 0.2) is 0 Å². The first-order chi connectivity index (χ1) is 10.7. The normalized spacial score (nSPS) is 20.2. The number of carbonyl (C=O) groups excluding carboxylic acids is 1. The fraction of sp³-hybridized carbons (Fsp3) is 0.632. The van der Waals surface area contributed by atoms with Crippen LogP contribution in [0, 0.1) is 5.92 Å². The van der Waals surface area contributed by atoms with E-state index in [0.29, 0.717) is 11.9 Å². The number of nitrogens with zero attached hydrogens (tertiary/aromatic N) is 1. The van der Waals surface area contributed by atoms with Crippen LogP contribution >= 0.6 is 0 Å². The van der Waals surface area contributed by atoms with Crippen molar-refractivity contribution in [1.29, 1.82) is 0 Å². The molecule has 3 heteroatoms. The standard InChI is InChI=1S/C19H28N2O/c1-15(12-16-6-4-7-16)20-13-17-8-2-3-9-18(17)14-21-11-5-10-19(21)22/h2-3,8-9,15-16,20H,4-7,10-14H2,1H3/t15-/m0/s1. The molecule has 3 rings (SSSR count). The third kappa shape index (κ3) is 3.89. The van der Waals surface area contributed by atoms with E-state index < -0.39 is 0 Å². The van der Waals surface area contributed by atoms with Gasteiger partial charge in [-0.3, -0.25) is 4.79 Å². The minimum absolute atomic E-state index is 0.307. The summed E-state index contributed by atoms with van der Waals surface area (Å²) in [6.07, 6.45) is 7.28. The second kappa shape index (κ2) is 7.28. The lowest BCUT2D eigenvalue weighted by atomic mass is 9.81. The van der Waals surface area contributed by atoms with Crippen molar-refractivity contribution in [3.05, 3.63) is 35.4 Å². The van der Waals surface area contributed by atoms with Crippen molar-refractivity contribution in [1.82, 2.24) is 10.2 Å². The molecule has 1 atom stereocenters. The van der Waals surface area contributed by atoms with Gasteiger partial charge in [-0.25, -0.2) is 0 Å². The lowest BCUT2D eigenvalue weighted by molar-refractivity contribution is -0.128. The Morgan fingerprint density at radius 1 is 1.23 bits per heavy atom. The van der Waals surface area contributed by atoms with E-state index in [1.807, 2.05) is 4.90 Å². The van der Waals surface area contributed by atoms with Crippen LogP contribution in [0.3, 0.4) is 0 Å². The summed E-state index contributed by atoms with van der Waals surface area (Å²) in [5, 5.41) is 3.67. The molecule has 1 heterocycles. The number of benzene rings is 1. The fourth-order valence-electron chi connectivity index (χ4n) is 3.56. The summed E-state index contributed by atoms with van der Waals surface area (Å²) in [6, 6.07) is 9.12. The van der Waals surface area contributed by atoms with Gasteiger partial charge in [-0.1, -0.05) is 43.5 Å². The Morgan fingerprint density at radius 2 is 2.00 bits per heavy atom. The summed E-state index contributed by atoms with van der Waals surface area (Å²) in [5.74, 6) is 1.25. The highest BCUT2D eigenvalue weighted by Crippen LogP contribution is 2.30. The molecular weight excluding hydrogens is 272 g/mol. The topological polar surface area (TPSA) is 32.3 Å². The second-order valence-corrected chi connectivity index (χ2v) is 7.00. The highest BCUT2D eigenvalue weighted by atomic mass is 16.2. The molecule has 120 valence electrons. The van der Waals surface area contributed by atoms with Crippen molar-refractivity contribution < 1.29 is 4.79 Å². The van der Waals surface area contributed by atoms with Crippen molar-refractivity contribution in [3.63, 3.8) is 0 Å². The average Bonchev–Trinajstić information content (AvgIpc) is 2.87. The Kier molecular flexibility index (Phi) is 5.14. The Bertz CT molecular complexity index is 510. The average molecular weight is 300 g/mol. The first-order valence-electron chi connectivity index (χ1n) is 8.80. The van der Waals surface area contributed by atoms with Crippen molar-refractivity contribution in [2.75, 3.05) is 6.54 Å². The van der Waals surface area contributed by atoms with Crippen molar-refractivity contribution in [2.45, 2.75) is 64.6 Å². The van der Waals surface area contributed by atoms with Crippen LogP contribution in [0.5, 0.6) is 0 Å². The van der Waals surface area contributed by atoms with Gasteiger partial charge in [0.25, 0.3) is 0 Å². The van der Waals surface area contributed by atoms with Crippen LogP contribution in [0.25, 0.3) is 0 Å². The third-order valence-corrected chi connectivity index (χ3v) is 5.20. The molecule has 0 bridgehead atoms. The number of nitrogens with one attached hydrogen (secondary N) is 1. The quantitative estimate of drug-likeness (QED) is 0.836. The Labute approximate surface area is 134 Å². The Morgan fingerprint density at radius 3 is 2.64 bits per heavy atom. The largest absolute Gasteiger partial charge is 0.338 e. The molecule has 1 aliphatic carbocycles. The molecule has 0 radical (unpaired) electrons. The van der Waals surface area contributed by atoms with Gasteiger partial charge in [0, 0.05) is 32.1 Å². The van der Waals surface area contributed by atoms with Crippen LogP contribution in [0.4, 0.5) is 0 Å². The fourth-order valence-corrected chi connectivity index (χ4v) is 3.56. The predicted molar refractivity (Wildman–Crippen MR) is 89.4 cm³/mol. The molecular formula is C19H28N2O. The summed E-state index contributed by atoms with van der Waals surface area (Å²) in [5.41, 5.74) is 2.63. The van der Waals surface area contributed by atoms with Crippen LogP contribution in [-0.4, -0.2) is 23.4 Å². The van der Waals surface area contributed by atoms with Gasteiger partial charge >= 0.3 is 0 Å². The number of hydrogen-bond donors (Lipinski definition) is 1. The number of carbonyl (C=O) groups is 1. The number of hydrogen-bond acceptors (Lipinski definition) is 2. The first-order valence-corrected chi connectivity index (χ1v) is 8.80. The van der Waals surface area contributed by atoms with E-state index in [1.165, 1.54) is 36.8 Å². The molecule has 0 unspecified atom stereocenters. The molecule has 2 aliphatic rings. The third-order valence-electron chi connectivity index (χ3n) is 5.20. The number of amides is 1. The summed E-state index contributed by atoms with van der Waals surface area (Å²) in [7, 11) is 0. The number of rotatable bonds is 7. The van der Waals surface area contributed by atoms with Gasteiger partial charge in [0.2, 0.25) is 5.91 Å². The van der Waals surface area contributed by atoms with Crippen LogP contribution in [-0.2, 0) is 17.9 Å². The molecule has 1 aromatic rings. The maximum absolute atomic E-state index is 11.8. The van der Waals surface area contributed by atoms with Crippen LogP contribution in [0.1, 0.15) is 56.6 Å². The van der Waals surface area contributed by atoms with Gasteiger partial charge in [-0.15, -0.1) is 0 Å². The molecule has 2 fully saturated rings. The van der Waals surface area contributed by atoms with E-state index in [0.717, 1.165) is 38.4 Å². The molecule has 0 spiro atoms. The highest BCUT2D eigenvalue weighted by Gasteiger charge is 2.22. The van der Waals surface area contributed by atoms with E-state index in [1.54, 1.807) is 0 Å². The monoisotopic (exact) mass is 300 g/mol. The van der Waals surface area contributed by atoms with Crippen molar-refractivity contribution in [3.8, 4) is 0 Å². The number of likely N-dealkylation sites (tertiary alicyclic amines) is 1.